The van der Waals surface area contributed by atoms with Crippen LogP contribution in [-0.4, -0.2) is 30.3 Å². The lowest BCUT2D eigenvalue weighted by Gasteiger charge is -2.09. The van der Waals surface area contributed by atoms with Crippen LogP contribution in [0.25, 0.3) is 10.9 Å². The fraction of sp³-hybridized carbons (Fsp3) is 0.150. The van der Waals surface area contributed by atoms with Crippen molar-refractivity contribution in [2.24, 2.45) is 0 Å². The molecule has 0 spiro atoms. The van der Waals surface area contributed by atoms with Crippen LogP contribution in [-0.2, 0) is 9.53 Å². The van der Waals surface area contributed by atoms with Gasteiger partial charge in [0.25, 0.3) is 5.91 Å². The van der Waals surface area contributed by atoms with Crippen LogP contribution in [0.15, 0.2) is 42.5 Å². The summed E-state index contributed by atoms with van der Waals surface area (Å²) >= 11 is 5.99. The number of carbonyl (C=O) groups is 2. The smallest absolute Gasteiger partial charge is 0.340 e. The van der Waals surface area contributed by atoms with Crippen LogP contribution in [0.4, 0.5) is 5.69 Å². The molecule has 0 radical (unpaired) electrons. The average Bonchev–Trinajstić information content (AvgIpc) is 3.13. The molecule has 7 nitrogen and oxygen atoms in total. The quantitative estimate of drug-likeness (QED) is 0.674. The molecule has 0 fully saturated rings. The highest BCUT2D eigenvalue weighted by molar-refractivity contribution is 6.31. The van der Waals surface area contributed by atoms with Crippen molar-refractivity contribution in [3.63, 3.8) is 0 Å². The zero-order valence-electron chi connectivity index (χ0n) is 14.8. The van der Waals surface area contributed by atoms with Crippen molar-refractivity contribution in [2.75, 3.05) is 18.7 Å². The SMILES string of the molecule is Cc1nc2ccc(Cl)cc2cc1C(=O)OCC(=O)Nc1ccc2c(c1)OCO2. The van der Waals surface area contributed by atoms with Gasteiger partial charge in [-0.1, -0.05) is 11.6 Å². The number of esters is 1. The third kappa shape index (κ3) is 3.70. The normalized spacial score (nSPS) is 12.1. The van der Waals surface area contributed by atoms with E-state index in [1.807, 2.05) is 0 Å². The number of hydrogen-bond acceptors (Lipinski definition) is 6. The molecule has 0 unspecified atom stereocenters. The number of benzene rings is 2. The fourth-order valence-electron chi connectivity index (χ4n) is 2.83. The lowest BCUT2D eigenvalue weighted by atomic mass is 10.1. The number of rotatable bonds is 4. The lowest BCUT2D eigenvalue weighted by Crippen LogP contribution is -2.21. The Balaban J connectivity index is 1.41. The van der Waals surface area contributed by atoms with Crippen molar-refractivity contribution < 1.29 is 23.8 Å². The number of halogens is 1. The minimum absolute atomic E-state index is 0.148. The largest absolute Gasteiger partial charge is 0.454 e. The van der Waals surface area contributed by atoms with E-state index in [1.54, 1.807) is 49.4 Å². The van der Waals surface area contributed by atoms with E-state index in [4.69, 9.17) is 25.8 Å². The van der Waals surface area contributed by atoms with Gasteiger partial charge in [-0.05, 0) is 43.3 Å². The molecule has 1 aromatic heterocycles. The van der Waals surface area contributed by atoms with E-state index >= 15 is 0 Å². The Morgan fingerprint density at radius 2 is 1.96 bits per heavy atom. The number of amides is 1. The Hall–Kier alpha value is -3.32. The molecule has 0 saturated carbocycles. The number of carbonyl (C=O) groups excluding carboxylic acids is 2. The maximum Gasteiger partial charge on any atom is 0.340 e. The van der Waals surface area contributed by atoms with Crippen molar-refractivity contribution in [1.82, 2.24) is 4.98 Å². The summed E-state index contributed by atoms with van der Waals surface area (Å²) in [4.78, 5) is 28.9. The molecule has 2 heterocycles. The second kappa shape index (κ2) is 7.36. The summed E-state index contributed by atoms with van der Waals surface area (Å²) in [7, 11) is 0. The van der Waals surface area contributed by atoms with Crippen LogP contribution in [0.2, 0.25) is 5.02 Å². The molecule has 4 rings (SSSR count). The predicted octanol–water partition coefficient (Wildman–Crippen LogP) is 3.72. The minimum Gasteiger partial charge on any atom is -0.454 e. The first-order chi connectivity index (χ1) is 13.5. The topological polar surface area (TPSA) is 86.8 Å². The van der Waals surface area contributed by atoms with E-state index in [9.17, 15) is 9.59 Å². The molecule has 1 aliphatic rings. The molecule has 0 atom stereocenters. The van der Waals surface area contributed by atoms with E-state index in [0.717, 1.165) is 10.9 Å². The van der Waals surface area contributed by atoms with Crippen LogP contribution in [0, 0.1) is 6.92 Å². The molecule has 8 heteroatoms. The van der Waals surface area contributed by atoms with Gasteiger partial charge >= 0.3 is 5.97 Å². The van der Waals surface area contributed by atoms with Gasteiger partial charge in [0.05, 0.1) is 16.8 Å². The summed E-state index contributed by atoms with van der Waals surface area (Å²) < 4.78 is 15.6. The number of hydrogen-bond donors (Lipinski definition) is 1. The van der Waals surface area contributed by atoms with Crippen molar-refractivity contribution in [1.29, 1.82) is 0 Å². The molecule has 2 aromatic carbocycles. The number of fused-ring (bicyclic) bond motifs is 2. The Bertz CT molecular complexity index is 1100. The highest BCUT2D eigenvalue weighted by Crippen LogP contribution is 2.34. The highest BCUT2D eigenvalue weighted by atomic mass is 35.5. The highest BCUT2D eigenvalue weighted by Gasteiger charge is 2.17. The molecule has 0 saturated heterocycles. The minimum atomic E-state index is -0.632. The number of aromatic nitrogens is 1. The van der Waals surface area contributed by atoms with Crippen LogP contribution in [0.5, 0.6) is 11.5 Å². The molecule has 1 aliphatic heterocycles. The molecular formula is C20H15ClN2O5. The number of nitrogens with zero attached hydrogens (tertiary/aromatic N) is 1. The molecule has 28 heavy (non-hydrogen) atoms. The van der Waals surface area contributed by atoms with E-state index < -0.39 is 18.5 Å². The van der Waals surface area contributed by atoms with Gasteiger partial charge in [-0.15, -0.1) is 0 Å². The number of aryl methyl sites for hydroxylation is 1. The van der Waals surface area contributed by atoms with Gasteiger partial charge in [0, 0.05) is 22.2 Å². The Labute approximate surface area is 165 Å². The predicted molar refractivity (Wildman–Crippen MR) is 103 cm³/mol. The molecular weight excluding hydrogens is 384 g/mol. The molecule has 1 amide bonds. The summed E-state index contributed by atoms with van der Waals surface area (Å²) in [6, 6.07) is 11.9. The van der Waals surface area contributed by atoms with Crippen LogP contribution < -0.4 is 14.8 Å². The third-order valence-electron chi connectivity index (χ3n) is 4.18. The van der Waals surface area contributed by atoms with Gasteiger partial charge in [-0.3, -0.25) is 9.78 Å². The molecule has 0 aliphatic carbocycles. The van der Waals surface area contributed by atoms with Gasteiger partial charge < -0.3 is 19.5 Å². The van der Waals surface area contributed by atoms with E-state index in [2.05, 4.69) is 10.3 Å². The van der Waals surface area contributed by atoms with Crippen molar-refractivity contribution in [3.8, 4) is 11.5 Å². The van der Waals surface area contributed by atoms with Gasteiger partial charge in [-0.25, -0.2) is 4.79 Å². The summed E-state index contributed by atoms with van der Waals surface area (Å²) in [5.41, 5.74) is 2.03. The maximum atomic E-state index is 12.4. The zero-order valence-corrected chi connectivity index (χ0v) is 15.6. The summed E-state index contributed by atoms with van der Waals surface area (Å²) in [6.45, 7) is 1.42. The summed E-state index contributed by atoms with van der Waals surface area (Å²) in [6.07, 6.45) is 0. The maximum absolute atomic E-state index is 12.4. The molecule has 142 valence electrons. The van der Waals surface area contributed by atoms with E-state index in [-0.39, 0.29) is 12.4 Å². The number of nitrogens with one attached hydrogen (secondary N) is 1. The van der Waals surface area contributed by atoms with Gasteiger partial charge in [0.2, 0.25) is 6.79 Å². The van der Waals surface area contributed by atoms with E-state index in [1.165, 1.54) is 0 Å². The standard InChI is InChI=1S/C20H15ClN2O5/c1-11-15(7-12-6-13(21)2-4-16(12)22-11)20(25)26-9-19(24)23-14-3-5-17-18(8-14)28-10-27-17/h2-8H,9-10H2,1H3,(H,23,24). The summed E-state index contributed by atoms with van der Waals surface area (Å²) in [5, 5.41) is 3.91. The second-order valence-electron chi connectivity index (χ2n) is 6.15. The molecule has 1 N–H and O–H groups in total. The van der Waals surface area contributed by atoms with Crippen molar-refractivity contribution in [3.05, 3.63) is 58.7 Å². The zero-order chi connectivity index (χ0) is 19.7. The first-order valence-corrected chi connectivity index (χ1v) is 8.81. The second-order valence-corrected chi connectivity index (χ2v) is 6.59. The number of ether oxygens (including phenoxy) is 3. The first kappa shape index (κ1) is 18.1. The molecule has 3 aromatic rings. The van der Waals surface area contributed by atoms with Gasteiger partial charge in [0.1, 0.15) is 0 Å². The first-order valence-electron chi connectivity index (χ1n) is 8.43. The van der Waals surface area contributed by atoms with Gasteiger partial charge in [0.15, 0.2) is 18.1 Å². The Morgan fingerprint density at radius 1 is 1.14 bits per heavy atom. The van der Waals surface area contributed by atoms with Crippen LogP contribution >= 0.6 is 11.6 Å². The number of pyridine rings is 1. The van der Waals surface area contributed by atoms with Gasteiger partial charge in [-0.2, -0.15) is 0 Å². The number of anilines is 1. The van der Waals surface area contributed by atoms with Crippen molar-refractivity contribution >= 4 is 40.1 Å². The van der Waals surface area contributed by atoms with Crippen LogP contribution in [0.3, 0.4) is 0 Å². The molecule has 0 bridgehead atoms. The van der Waals surface area contributed by atoms with Crippen molar-refractivity contribution in [2.45, 2.75) is 6.92 Å². The average molecular weight is 399 g/mol. The fourth-order valence-corrected chi connectivity index (χ4v) is 3.01. The van der Waals surface area contributed by atoms with Crippen LogP contribution in [0.1, 0.15) is 16.1 Å². The lowest BCUT2D eigenvalue weighted by molar-refractivity contribution is -0.119. The third-order valence-corrected chi connectivity index (χ3v) is 4.41. The van der Waals surface area contributed by atoms with E-state index in [0.29, 0.717) is 27.9 Å². The Kier molecular flexibility index (Phi) is 4.75. The Morgan fingerprint density at radius 3 is 2.82 bits per heavy atom. The monoisotopic (exact) mass is 398 g/mol. The summed E-state index contributed by atoms with van der Waals surface area (Å²) in [5.74, 6) is 0.0597.